The van der Waals surface area contributed by atoms with Crippen LogP contribution in [-0.2, 0) is 16.1 Å². The number of rotatable bonds is 9. The van der Waals surface area contributed by atoms with Crippen LogP contribution >= 0.6 is 0 Å². The van der Waals surface area contributed by atoms with E-state index in [1.165, 1.54) is 0 Å². The molecule has 10 nitrogen and oxygen atoms in total. The molecule has 0 fully saturated rings. The number of hydrogen-bond donors (Lipinski definition) is 0. The Morgan fingerprint density at radius 3 is 2.29 bits per heavy atom. The molecular formula is C21H19N3O7. The van der Waals surface area contributed by atoms with E-state index in [0.717, 1.165) is 23.7 Å². The first-order chi connectivity index (χ1) is 14.8. The molecule has 0 bridgehead atoms. The van der Waals surface area contributed by atoms with Gasteiger partial charge in [-0.05, 0) is 19.4 Å². The second kappa shape index (κ2) is 9.16. The summed E-state index contributed by atoms with van der Waals surface area (Å²) < 4.78 is 6.73. The number of non-ortho nitro benzene ring substituents is 2. The molecule has 0 aliphatic carbocycles. The van der Waals surface area contributed by atoms with Crippen molar-refractivity contribution in [3.8, 4) is 0 Å². The summed E-state index contributed by atoms with van der Waals surface area (Å²) in [6.45, 7) is 2.48. The Kier molecular flexibility index (Phi) is 6.39. The van der Waals surface area contributed by atoms with Gasteiger partial charge in [-0.3, -0.25) is 29.8 Å². The van der Waals surface area contributed by atoms with Gasteiger partial charge < -0.3 is 9.30 Å². The number of nitro benzene ring substituents is 2. The van der Waals surface area contributed by atoms with E-state index in [1.54, 1.807) is 31.3 Å². The molecule has 3 aromatic rings. The van der Waals surface area contributed by atoms with Gasteiger partial charge in [-0.25, -0.2) is 0 Å². The topological polar surface area (TPSA) is 135 Å². The molecular weight excluding hydrogens is 406 g/mol. The van der Waals surface area contributed by atoms with Crippen molar-refractivity contribution in [3.63, 3.8) is 0 Å². The maximum atomic E-state index is 13.2. The number of esters is 1. The fourth-order valence-electron chi connectivity index (χ4n) is 3.33. The number of benzene rings is 2. The number of nitrogens with zero attached hydrogens (tertiary/aromatic N) is 3. The number of carbonyl (C=O) groups is 2. The predicted octanol–water partition coefficient (Wildman–Crippen LogP) is 4.03. The summed E-state index contributed by atoms with van der Waals surface area (Å²) in [7, 11) is 0. The summed E-state index contributed by atoms with van der Waals surface area (Å²) in [5.74, 6) is -0.869. The van der Waals surface area contributed by atoms with E-state index in [9.17, 15) is 29.8 Å². The summed E-state index contributed by atoms with van der Waals surface area (Å²) in [4.78, 5) is 45.5. The number of aromatic nitrogens is 1. The summed E-state index contributed by atoms with van der Waals surface area (Å²) in [6.07, 6.45) is 2.32. The van der Waals surface area contributed by atoms with Crippen LogP contribution in [0.5, 0.6) is 0 Å². The van der Waals surface area contributed by atoms with Gasteiger partial charge in [0.25, 0.3) is 11.4 Å². The van der Waals surface area contributed by atoms with E-state index in [2.05, 4.69) is 0 Å². The first kappa shape index (κ1) is 21.6. The van der Waals surface area contributed by atoms with Crippen LogP contribution < -0.4 is 0 Å². The highest BCUT2D eigenvalue weighted by atomic mass is 16.6. The molecule has 0 amide bonds. The van der Waals surface area contributed by atoms with E-state index in [0.29, 0.717) is 25.0 Å². The van der Waals surface area contributed by atoms with Crippen molar-refractivity contribution in [2.75, 3.05) is 6.61 Å². The number of carbonyl (C=O) groups excluding carboxylic acids is 2. The molecule has 0 aliphatic heterocycles. The third-order valence-corrected chi connectivity index (χ3v) is 4.70. The van der Waals surface area contributed by atoms with E-state index in [-0.39, 0.29) is 23.5 Å². The molecule has 0 aliphatic rings. The molecule has 1 heterocycles. The number of nitro groups is 2. The highest BCUT2D eigenvalue weighted by Gasteiger charge is 2.23. The smallest absolute Gasteiger partial charge is 0.305 e. The Morgan fingerprint density at radius 2 is 1.68 bits per heavy atom. The molecule has 0 saturated carbocycles. The molecule has 0 unspecified atom stereocenters. The van der Waals surface area contributed by atoms with Gasteiger partial charge in [-0.15, -0.1) is 0 Å². The highest BCUT2D eigenvalue weighted by Crippen LogP contribution is 2.28. The Labute approximate surface area is 176 Å². The van der Waals surface area contributed by atoms with Gasteiger partial charge in [0.2, 0.25) is 0 Å². The summed E-state index contributed by atoms with van der Waals surface area (Å²) in [5, 5.41) is 22.9. The Hall–Kier alpha value is -4.08. The molecule has 0 spiro atoms. The van der Waals surface area contributed by atoms with Gasteiger partial charge in [0.15, 0.2) is 5.78 Å². The fraction of sp³-hybridized carbons (Fsp3) is 0.238. The van der Waals surface area contributed by atoms with E-state index < -0.39 is 27.0 Å². The zero-order valence-corrected chi connectivity index (χ0v) is 16.6. The molecule has 2 aromatic carbocycles. The standard InChI is InChI=1S/C21H19N3O7/c1-2-31-20(25)8-5-9-22-13-18(17-6-3-4-7-19(17)22)21(26)14-10-15(23(27)28)12-16(11-14)24(29)30/h3-4,6-7,10-13H,2,5,8-9H2,1H3. The average molecular weight is 425 g/mol. The normalized spacial score (nSPS) is 10.7. The first-order valence-corrected chi connectivity index (χ1v) is 9.54. The SMILES string of the molecule is CCOC(=O)CCCn1cc(C(=O)c2cc([N+](=O)[O-])cc([N+](=O)[O-])c2)c2ccccc21. The number of fused-ring (bicyclic) bond motifs is 1. The van der Waals surface area contributed by atoms with Crippen molar-refractivity contribution in [1.82, 2.24) is 4.57 Å². The monoisotopic (exact) mass is 425 g/mol. The Morgan fingerprint density at radius 1 is 1.03 bits per heavy atom. The fourth-order valence-corrected chi connectivity index (χ4v) is 3.33. The van der Waals surface area contributed by atoms with Crippen LogP contribution in [0.3, 0.4) is 0 Å². The van der Waals surface area contributed by atoms with Crippen LogP contribution in [0.4, 0.5) is 11.4 Å². The van der Waals surface area contributed by atoms with E-state index in [4.69, 9.17) is 4.74 Å². The summed E-state index contributed by atoms with van der Waals surface area (Å²) in [6, 6.07) is 9.97. The number of hydrogen-bond acceptors (Lipinski definition) is 7. The number of ketones is 1. The lowest BCUT2D eigenvalue weighted by Gasteiger charge is -2.05. The van der Waals surface area contributed by atoms with Gasteiger partial charge in [0.05, 0.1) is 22.5 Å². The molecule has 31 heavy (non-hydrogen) atoms. The third kappa shape index (κ3) is 4.74. The average Bonchev–Trinajstić information content (AvgIpc) is 3.11. The summed E-state index contributed by atoms with van der Waals surface area (Å²) in [5.41, 5.74) is -0.196. The first-order valence-electron chi connectivity index (χ1n) is 9.54. The van der Waals surface area contributed by atoms with Crippen LogP contribution in [-0.4, -0.2) is 32.8 Å². The minimum Gasteiger partial charge on any atom is -0.466 e. The maximum Gasteiger partial charge on any atom is 0.305 e. The van der Waals surface area contributed by atoms with Crippen molar-refractivity contribution in [1.29, 1.82) is 0 Å². The minimum absolute atomic E-state index is 0.143. The van der Waals surface area contributed by atoms with Crippen LogP contribution in [0.1, 0.15) is 35.7 Å². The second-order valence-corrected chi connectivity index (χ2v) is 6.74. The van der Waals surface area contributed by atoms with Gasteiger partial charge in [0.1, 0.15) is 0 Å². The van der Waals surface area contributed by atoms with Gasteiger partial charge in [0, 0.05) is 53.3 Å². The third-order valence-electron chi connectivity index (χ3n) is 4.70. The Bertz CT molecular complexity index is 1150. The lowest BCUT2D eigenvalue weighted by molar-refractivity contribution is -0.394. The number of ether oxygens (including phenoxy) is 1. The molecule has 3 rings (SSSR count). The lowest BCUT2D eigenvalue weighted by Crippen LogP contribution is -2.06. The van der Waals surface area contributed by atoms with E-state index in [1.807, 2.05) is 10.6 Å². The van der Waals surface area contributed by atoms with Crippen molar-refractivity contribution >= 4 is 34.0 Å². The van der Waals surface area contributed by atoms with Crippen molar-refractivity contribution in [2.24, 2.45) is 0 Å². The number of aryl methyl sites for hydroxylation is 1. The largest absolute Gasteiger partial charge is 0.466 e. The van der Waals surface area contributed by atoms with Crippen LogP contribution in [0.25, 0.3) is 10.9 Å². The van der Waals surface area contributed by atoms with Crippen LogP contribution in [0.2, 0.25) is 0 Å². The van der Waals surface area contributed by atoms with Crippen molar-refractivity contribution in [2.45, 2.75) is 26.3 Å². The van der Waals surface area contributed by atoms with Crippen LogP contribution in [0, 0.1) is 20.2 Å². The zero-order chi connectivity index (χ0) is 22.5. The van der Waals surface area contributed by atoms with E-state index >= 15 is 0 Å². The molecule has 0 N–H and O–H groups in total. The van der Waals surface area contributed by atoms with Gasteiger partial charge in [-0.2, -0.15) is 0 Å². The van der Waals surface area contributed by atoms with Gasteiger partial charge in [-0.1, -0.05) is 18.2 Å². The lowest BCUT2D eigenvalue weighted by atomic mass is 10.0. The van der Waals surface area contributed by atoms with Crippen LogP contribution in [0.15, 0.2) is 48.7 Å². The minimum atomic E-state index is -0.775. The molecule has 10 heteroatoms. The molecule has 1 aromatic heterocycles. The number of para-hydroxylation sites is 1. The quantitative estimate of drug-likeness (QED) is 0.218. The van der Waals surface area contributed by atoms with Crippen molar-refractivity contribution < 1.29 is 24.2 Å². The second-order valence-electron chi connectivity index (χ2n) is 6.74. The highest BCUT2D eigenvalue weighted by molar-refractivity contribution is 6.16. The molecule has 0 saturated heterocycles. The summed E-state index contributed by atoms with van der Waals surface area (Å²) >= 11 is 0. The molecule has 0 radical (unpaired) electrons. The van der Waals surface area contributed by atoms with Crippen molar-refractivity contribution in [3.05, 3.63) is 80.0 Å². The Balaban J connectivity index is 1.98. The van der Waals surface area contributed by atoms with Gasteiger partial charge >= 0.3 is 5.97 Å². The predicted molar refractivity (Wildman–Crippen MR) is 111 cm³/mol. The molecule has 160 valence electrons. The zero-order valence-electron chi connectivity index (χ0n) is 16.6. The molecule has 0 atom stereocenters. The maximum absolute atomic E-state index is 13.2.